The van der Waals surface area contributed by atoms with Crippen LogP contribution >= 0.6 is 11.6 Å². The van der Waals surface area contributed by atoms with Gasteiger partial charge in [-0.25, -0.2) is 4.68 Å². The molecule has 7 nitrogen and oxygen atoms in total. The Bertz CT molecular complexity index is 1240. The minimum absolute atomic E-state index is 0.155. The average molecular weight is 422 g/mol. The molecule has 0 aliphatic carbocycles. The molecule has 0 radical (unpaired) electrons. The van der Waals surface area contributed by atoms with Crippen LogP contribution < -0.4 is 10.9 Å². The zero-order valence-corrected chi connectivity index (χ0v) is 17.2. The minimum atomic E-state index is -0.403. The summed E-state index contributed by atoms with van der Waals surface area (Å²) in [6.07, 6.45) is 1.96. The van der Waals surface area contributed by atoms with Crippen molar-refractivity contribution in [2.45, 2.75) is 20.3 Å². The number of carbonyl (C=O) groups is 2. The van der Waals surface area contributed by atoms with Crippen molar-refractivity contribution in [3.05, 3.63) is 82.3 Å². The number of nitrogens with zero attached hydrogens (tertiary/aromatic N) is 2. The van der Waals surface area contributed by atoms with Crippen molar-refractivity contribution in [1.82, 2.24) is 25.6 Å². The number of aryl methyl sites for hydroxylation is 1. The number of rotatable bonds is 4. The van der Waals surface area contributed by atoms with Gasteiger partial charge in [0.1, 0.15) is 0 Å². The Balaban J connectivity index is 1.38. The molecule has 4 aromatic rings. The second-order valence-corrected chi connectivity index (χ2v) is 7.36. The highest BCUT2D eigenvalue weighted by Gasteiger charge is 2.13. The van der Waals surface area contributed by atoms with Crippen LogP contribution in [-0.4, -0.2) is 26.6 Å². The molecule has 3 N–H and O–H groups in total. The molecule has 30 heavy (non-hydrogen) atoms. The number of para-hydroxylation sites is 1. The molecule has 0 spiro atoms. The first-order valence-electron chi connectivity index (χ1n) is 9.40. The van der Waals surface area contributed by atoms with Crippen LogP contribution in [0.15, 0.2) is 54.7 Å². The molecule has 2 amide bonds. The molecule has 4 rings (SSSR count). The van der Waals surface area contributed by atoms with Gasteiger partial charge >= 0.3 is 0 Å². The van der Waals surface area contributed by atoms with E-state index in [9.17, 15) is 9.59 Å². The fraction of sp³-hybridized carbons (Fsp3) is 0.136. The topological polar surface area (TPSA) is 91.8 Å². The average Bonchev–Trinajstić information content (AvgIpc) is 3.28. The van der Waals surface area contributed by atoms with Gasteiger partial charge in [0, 0.05) is 22.7 Å². The van der Waals surface area contributed by atoms with Gasteiger partial charge in [-0.15, -0.1) is 0 Å². The second-order valence-electron chi connectivity index (χ2n) is 6.98. The number of benzene rings is 2. The van der Waals surface area contributed by atoms with Crippen LogP contribution in [0.2, 0.25) is 5.02 Å². The first-order chi connectivity index (χ1) is 14.4. The lowest BCUT2D eigenvalue weighted by molar-refractivity contribution is -0.121. The molecule has 0 aliphatic heterocycles. The standard InChI is InChI=1S/C22H20ClN5O2/c1-13-21(23)14(2)28(27-13)17-9-7-15(8-10-17)22(30)26-25-20(29)11-16-12-24-19-6-4-3-5-18(16)19/h3-10,12,24H,11H2,1-2H3,(H,25,29)(H,26,30). The first-order valence-corrected chi connectivity index (χ1v) is 9.78. The van der Waals surface area contributed by atoms with Crippen LogP contribution in [-0.2, 0) is 11.2 Å². The van der Waals surface area contributed by atoms with E-state index in [0.29, 0.717) is 10.6 Å². The van der Waals surface area contributed by atoms with Crippen LogP contribution in [0.3, 0.4) is 0 Å². The van der Waals surface area contributed by atoms with Crippen LogP contribution in [0.1, 0.15) is 27.3 Å². The van der Waals surface area contributed by atoms with Gasteiger partial charge in [0.05, 0.1) is 28.5 Å². The number of halogens is 1. The maximum Gasteiger partial charge on any atom is 0.269 e. The van der Waals surface area contributed by atoms with Crippen LogP contribution in [0.25, 0.3) is 16.6 Å². The number of amides is 2. The predicted octanol–water partition coefficient (Wildman–Crippen LogP) is 3.63. The maximum absolute atomic E-state index is 12.4. The lowest BCUT2D eigenvalue weighted by Crippen LogP contribution is -2.42. The number of hydrogen-bond acceptors (Lipinski definition) is 3. The normalized spacial score (nSPS) is 10.9. The number of aromatic amines is 1. The molecule has 0 bridgehead atoms. The van der Waals surface area contributed by atoms with Crippen molar-refractivity contribution in [1.29, 1.82) is 0 Å². The van der Waals surface area contributed by atoms with Crippen molar-refractivity contribution in [2.75, 3.05) is 0 Å². The van der Waals surface area contributed by atoms with E-state index in [0.717, 1.165) is 33.5 Å². The molecule has 2 aromatic carbocycles. The highest BCUT2D eigenvalue weighted by molar-refractivity contribution is 6.31. The highest BCUT2D eigenvalue weighted by atomic mass is 35.5. The molecular formula is C22H20ClN5O2. The van der Waals surface area contributed by atoms with Gasteiger partial charge in [0.15, 0.2) is 0 Å². The van der Waals surface area contributed by atoms with Crippen molar-refractivity contribution in [3.63, 3.8) is 0 Å². The molecule has 8 heteroatoms. The van der Waals surface area contributed by atoms with Gasteiger partial charge in [0.25, 0.3) is 5.91 Å². The Morgan fingerprint density at radius 1 is 1.07 bits per heavy atom. The number of fused-ring (bicyclic) bond motifs is 1. The summed E-state index contributed by atoms with van der Waals surface area (Å²) in [6.45, 7) is 3.72. The Labute approximate surface area is 178 Å². The van der Waals surface area contributed by atoms with E-state index in [1.807, 2.05) is 38.1 Å². The Hall–Kier alpha value is -3.58. The predicted molar refractivity (Wildman–Crippen MR) is 116 cm³/mol. The number of hydrogen-bond donors (Lipinski definition) is 3. The van der Waals surface area contributed by atoms with Gasteiger partial charge in [0.2, 0.25) is 5.91 Å². The number of hydrazine groups is 1. The zero-order chi connectivity index (χ0) is 21.3. The van der Waals surface area contributed by atoms with Gasteiger partial charge in [-0.1, -0.05) is 29.8 Å². The van der Waals surface area contributed by atoms with E-state index in [-0.39, 0.29) is 12.3 Å². The zero-order valence-electron chi connectivity index (χ0n) is 16.5. The smallest absolute Gasteiger partial charge is 0.269 e. The van der Waals surface area contributed by atoms with Gasteiger partial charge in [-0.2, -0.15) is 5.10 Å². The van der Waals surface area contributed by atoms with E-state index in [1.165, 1.54) is 0 Å². The maximum atomic E-state index is 12.4. The van der Waals surface area contributed by atoms with Crippen LogP contribution in [0, 0.1) is 13.8 Å². The summed E-state index contributed by atoms with van der Waals surface area (Å²) in [7, 11) is 0. The summed E-state index contributed by atoms with van der Waals surface area (Å²) < 4.78 is 1.72. The first kappa shape index (κ1) is 19.7. The third-order valence-corrected chi connectivity index (χ3v) is 5.47. The number of H-pyrrole nitrogens is 1. The number of aromatic nitrogens is 3. The summed E-state index contributed by atoms with van der Waals surface area (Å²) in [5, 5.41) is 6.00. The highest BCUT2D eigenvalue weighted by Crippen LogP contribution is 2.22. The van der Waals surface area contributed by atoms with Gasteiger partial charge in [-0.05, 0) is 49.7 Å². The van der Waals surface area contributed by atoms with E-state index in [1.54, 1.807) is 35.1 Å². The van der Waals surface area contributed by atoms with E-state index < -0.39 is 5.91 Å². The summed E-state index contributed by atoms with van der Waals surface area (Å²) in [5.41, 5.74) is 9.53. The fourth-order valence-electron chi connectivity index (χ4n) is 3.32. The minimum Gasteiger partial charge on any atom is -0.361 e. The van der Waals surface area contributed by atoms with Crippen LogP contribution in [0.4, 0.5) is 0 Å². The second kappa shape index (κ2) is 8.04. The fourth-order valence-corrected chi connectivity index (χ4v) is 3.44. The molecule has 152 valence electrons. The number of nitrogens with one attached hydrogen (secondary N) is 3. The van der Waals surface area contributed by atoms with E-state index in [2.05, 4.69) is 20.9 Å². The molecule has 0 saturated carbocycles. The van der Waals surface area contributed by atoms with E-state index >= 15 is 0 Å². The SMILES string of the molecule is Cc1nn(-c2ccc(C(=O)NNC(=O)Cc3c[nH]c4ccccc34)cc2)c(C)c1Cl. The Kier molecular flexibility index (Phi) is 5.29. The van der Waals surface area contributed by atoms with Gasteiger partial charge in [-0.3, -0.25) is 20.4 Å². The third-order valence-electron chi connectivity index (χ3n) is 4.92. The van der Waals surface area contributed by atoms with E-state index in [4.69, 9.17) is 11.6 Å². The summed E-state index contributed by atoms with van der Waals surface area (Å²) in [5.74, 6) is -0.706. The molecule has 0 atom stereocenters. The summed E-state index contributed by atoms with van der Waals surface area (Å²) in [4.78, 5) is 27.7. The molecule has 2 heterocycles. The molecule has 0 unspecified atom stereocenters. The Morgan fingerprint density at radius 3 is 2.50 bits per heavy atom. The van der Waals surface area contributed by atoms with Crippen molar-refractivity contribution in [2.24, 2.45) is 0 Å². The van der Waals surface area contributed by atoms with Crippen molar-refractivity contribution < 1.29 is 9.59 Å². The van der Waals surface area contributed by atoms with Crippen molar-refractivity contribution >= 4 is 34.3 Å². The van der Waals surface area contributed by atoms with Crippen molar-refractivity contribution in [3.8, 4) is 5.69 Å². The molecule has 0 aliphatic rings. The number of carbonyl (C=O) groups excluding carboxylic acids is 2. The largest absolute Gasteiger partial charge is 0.361 e. The molecule has 2 aromatic heterocycles. The van der Waals surface area contributed by atoms with Gasteiger partial charge < -0.3 is 4.98 Å². The summed E-state index contributed by atoms with van der Waals surface area (Å²) >= 11 is 6.19. The molecule has 0 saturated heterocycles. The molecule has 0 fully saturated rings. The van der Waals surface area contributed by atoms with Crippen LogP contribution in [0.5, 0.6) is 0 Å². The Morgan fingerprint density at radius 2 is 1.80 bits per heavy atom. The lowest BCUT2D eigenvalue weighted by Gasteiger charge is -2.09. The third kappa shape index (κ3) is 3.79. The quantitative estimate of drug-likeness (QED) is 0.439. The molecular weight excluding hydrogens is 402 g/mol. The monoisotopic (exact) mass is 421 g/mol. The summed E-state index contributed by atoms with van der Waals surface area (Å²) in [6, 6.07) is 14.6. The lowest BCUT2D eigenvalue weighted by atomic mass is 10.1.